The number of aliphatic hydroxyl groups excluding tert-OH is 1. The molecule has 1 aromatic rings. The first-order valence-electron chi connectivity index (χ1n) is 4.47. The Morgan fingerprint density at radius 3 is 2.00 bits per heavy atom. The van der Waals surface area contributed by atoms with Crippen LogP contribution in [-0.2, 0) is 4.74 Å². The highest BCUT2D eigenvalue weighted by molar-refractivity contribution is 5.50. The second kappa shape index (κ2) is 7.17. The van der Waals surface area contributed by atoms with E-state index in [0.29, 0.717) is 18.0 Å². The van der Waals surface area contributed by atoms with Gasteiger partial charge in [-0.1, -0.05) is 6.07 Å². The van der Waals surface area contributed by atoms with Crippen LogP contribution in [0.15, 0.2) is 24.3 Å². The molecule has 4 nitrogen and oxygen atoms in total. The molecule has 0 saturated carbocycles. The minimum Gasteiger partial charge on any atom is -0.399 e. The summed E-state index contributed by atoms with van der Waals surface area (Å²) in [6.07, 6.45) is -0.602. The molecule has 0 fully saturated rings. The summed E-state index contributed by atoms with van der Waals surface area (Å²) in [5.74, 6) is 0. The van der Waals surface area contributed by atoms with Crippen molar-refractivity contribution in [1.82, 2.24) is 0 Å². The average molecular weight is 198 g/mol. The monoisotopic (exact) mass is 198 g/mol. The van der Waals surface area contributed by atoms with Crippen molar-refractivity contribution < 1.29 is 9.84 Å². The van der Waals surface area contributed by atoms with E-state index < -0.39 is 6.29 Å². The third-order valence-corrected chi connectivity index (χ3v) is 1.32. The van der Waals surface area contributed by atoms with E-state index in [0.717, 1.165) is 0 Å². The van der Waals surface area contributed by atoms with E-state index in [2.05, 4.69) is 4.74 Å². The summed E-state index contributed by atoms with van der Waals surface area (Å²) in [7, 11) is 0. The second-order valence-electron chi connectivity index (χ2n) is 2.72. The zero-order valence-electron chi connectivity index (χ0n) is 8.60. The molecule has 1 aromatic carbocycles. The predicted molar refractivity (Wildman–Crippen MR) is 58.6 cm³/mol. The Morgan fingerprint density at radius 2 is 1.86 bits per heavy atom. The molecular weight excluding hydrogens is 180 g/mol. The number of nitrogen functional groups attached to an aromatic ring is 2. The summed E-state index contributed by atoms with van der Waals surface area (Å²) in [5, 5.41) is 8.33. The highest BCUT2D eigenvalue weighted by Gasteiger charge is 1.85. The smallest absolute Gasteiger partial charge is 0.151 e. The molecule has 1 atom stereocenters. The fraction of sp³-hybridized carbons (Fsp3) is 0.400. The molecule has 0 amide bonds. The predicted octanol–water partition coefficient (Wildman–Crippen LogP) is 1.21. The summed E-state index contributed by atoms with van der Waals surface area (Å²) < 4.78 is 4.60. The maximum Gasteiger partial charge on any atom is 0.151 e. The van der Waals surface area contributed by atoms with Crippen LogP contribution in [0.3, 0.4) is 0 Å². The summed E-state index contributed by atoms with van der Waals surface area (Å²) in [4.78, 5) is 0. The number of rotatable bonds is 2. The molecule has 0 spiro atoms. The highest BCUT2D eigenvalue weighted by Crippen LogP contribution is 2.06. The van der Waals surface area contributed by atoms with Gasteiger partial charge in [-0.25, -0.2) is 0 Å². The first kappa shape index (κ1) is 12.7. The lowest BCUT2D eigenvalue weighted by Gasteiger charge is -1.99. The Balaban J connectivity index is 0.000000255. The van der Waals surface area contributed by atoms with Crippen molar-refractivity contribution >= 4 is 11.4 Å². The summed E-state index contributed by atoms with van der Waals surface area (Å²) >= 11 is 0. The van der Waals surface area contributed by atoms with Crippen LogP contribution in [0.2, 0.25) is 0 Å². The van der Waals surface area contributed by atoms with Gasteiger partial charge < -0.3 is 21.3 Å². The fourth-order valence-corrected chi connectivity index (χ4v) is 0.800. The number of aliphatic hydroxyl groups is 1. The normalized spacial score (nSPS) is 11.4. The van der Waals surface area contributed by atoms with E-state index in [1.807, 2.05) is 13.0 Å². The Morgan fingerprint density at radius 1 is 1.36 bits per heavy atom. The summed E-state index contributed by atoms with van der Waals surface area (Å²) in [6.45, 7) is 4.01. The molecular formula is C10H18N2O2. The first-order chi connectivity index (χ1) is 6.56. The van der Waals surface area contributed by atoms with Crippen molar-refractivity contribution in [3.8, 4) is 0 Å². The molecule has 0 radical (unpaired) electrons. The molecule has 1 rings (SSSR count). The maximum atomic E-state index is 8.33. The van der Waals surface area contributed by atoms with Crippen LogP contribution in [0.4, 0.5) is 11.4 Å². The van der Waals surface area contributed by atoms with E-state index in [1.165, 1.54) is 0 Å². The number of ether oxygens (including phenoxy) is 1. The Hall–Kier alpha value is -1.26. The standard InChI is InChI=1S/C6H8N2.C4H10O2/c7-5-2-1-3-6(8)4-5;1-3-6-4(2)5/h1-4H,7-8H2;4-5H,3H2,1-2H3. The largest absolute Gasteiger partial charge is 0.399 e. The van der Waals surface area contributed by atoms with Gasteiger partial charge in [0.25, 0.3) is 0 Å². The van der Waals surface area contributed by atoms with Gasteiger partial charge in [0, 0.05) is 18.0 Å². The van der Waals surface area contributed by atoms with Gasteiger partial charge in [-0.2, -0.15) is 0 Å². The SMILES string of the molecule is CCOC(C)O.Nc1cccc(N)c1. The van der Waals surface area contributed by atoms with E-state index in [9.17, 15) is 0 Å². The lowest BCUT2D eigenvalue weighted by Crippen LogP contribution is -2.04. The molecule has 0 aromatic heterocycles. The molecule has 0 saturated heterocycles. The van der Waals surface area contributed by atoms with Crippen LogP contribution in [0.5, 0.6) is 0 Å². The second-order valence-corrected chi connectivity index (χ2v) is 2.72. The molecule has 0 bridgehead atoms. The van der Waals surface area contributed by atoms with Gasteiger partial charge in [0.05, 0.1) is 0 Å². The molecule has 80 valence electrons. The van der Waals surface area contributed by atoms with E-state index in [4.69, 9.17) is 16.6 Å². The van der Waals surface area contributed by atoms with Gasteiger partial charge in [0.1, 0.15) is 0 Å². The van der Waals surface area contributed by atoms with Gasteiger partial charge in [0.15, 0.2) is 6.29 Å². The molecule has 0 aliphatic heterocycles. The van der Waals surface area contributed by atoms with Crippen molar-refractivity contribution in [2.75, 3.05) is 18.1 Å². The van der Waals surface area contributed by atoms with E-state index in [1.54, 1.807) is 25.1 Å². The number of anilines is 2. The van der Waals surface area contributed by atoms with Gasteiger partial charge in [0.2, 0.25) is 0 Å². The number of benzene rings is 1. The van der Waals surface area contributed by atoms with Gasteiger partial charge in [-0.3, -0.25) is 0 Å². The highest BCUT2D eigenvalue weighted by atomic mass is 16.6. The van der Waals surface area contributed by atoms with Crippen LogP contribution >= 0.6 is 0 Å². The molecule has 5 N–H and O–H groups in total. The molecule has 0 aliphatic carbocycles. The topological polar surface area (TPSA) is 81.5 Å². The number of hydrogen-bond donors (Lipinski definition) is 3. The minimum absolute atomic E-state index is 0.581. The van der Waals surface area contributed by atoms with Crippen LogP contribution in [0.25, 0.3) is 0 Å². The zero-order valence-corrected chi connectivity index (χ0v) is 8.60. The Bertz CT molecular complexity index is 234. The van der Waals surface area contributed by atoms with Gasteiger partial charge >= 0.3 is 0 Å². The van der Waals surface area contributed by atoms with Gasteiger partial charge in [-0.15, -0.1) is 0 Å². The molecule has 14 heavy (non-hydrogen) atoms. The van der Waals surface area contributed by atoms with Crippen molar-refractivity contribution in [3.05, 3.63) is 24.3 Å². The average Bonchev–Trinajstić information content (AvgIpc) is 2.03. The third-order valence-electron chi connectivity index (χ3n) is 1.32. The van der Waals surface area contributed by atoms with Gasteiger partial charge in [-0.05, 0) is 32.0 Å². The van der Waals surface area contributed by atoms with E-state index in [-0.39, 0.29) is 0 Å². The Kier molecular flexibility index (Phi) is 6.53. The number of hydrogen-bond acceptors (Lipinski definition) is 4. The Labute approximate surface area is 84.5 Å². The molecule has 0 heterocycles. The van der Waals surface area contributed by atoms with Crippen LogP contribution < -0.4 is 11.5 Å². The molecule has 0 aliphatic rings. The van der Waals surface area contributed by atoms with Crippen molar-refractivity contribution in [3.63, 3.8) is 0 Å². The quantitative estimate of drug-likeness (QED) is 0.493. The molecule has 4 heteroatoms. The number of nitrogens with two attached hydrogens (primary N) is 2. The van der Waals surface area contributed by atoms with Crippen molar-refractivity contribution in [2.45, 2.75) is 20.1 Å². The minimum atomic E-state index is -0.602. The van der Waals surface area contributed by atoms with Crippen LogP contribution in [-0.4, -0.2) is 18.0 Å². The fourth-order valence-electron chi connectivity index (χ4n) is 0.800. The van der Waals surface area contributed by atoms with Crippen molar-refractivity contribution in [2.24, 2.45) is 0 Å². The lowest BCUT2D eigenvalue weighted by atomic mass is 10.3. The van der Waals surface area contributed by atoms with Crippen LogP contribution in [0, 0.1) is 0 Å². The first-order valence-corrected chi connectivity index (χ1v) is 4.47. The third kappa shape index (κ3) is 7.39. The van der Waals surface area contributed by atoms with E-state index >= 15 is 0 Å². The van der Waals surface area contributed by atoms with Crippen LogP contribution in [0.1, 0.15) is 13.8 Å². The van der Waals surface area contributed by atoms with Crippen molar-refractivity contribution in [1.29, 1.82) is 0 Å². The maximum absolute atomic E-state index is 8.33. The summed E-state index contributed by atoms with van der Waals surface area (Å²) in [5.41, 5.74) is 12.2. The zero-order chi connectivity index (χ0) is 11.0. The summed E-state index contributed by atoms with van der Waals surface area (Å²) in [6, 6.07) is 7.15. The lowest BCUT2D eigenvalue weighted by molar-refractivity contribution is -0.0800. The molecule has 1 unspecified atom stereocenters.